The summed E-state index contributed by atoms with van der Waals surface area (Å²) in [7, 11) is 0. The Morgan fingerprint density at radius 1 is 1.00 bits per heavy atom. The summed E-state index contributed by atoms with van der Waals surface area (Å²) in [6, 6.07) is 4.79. The minimum atomic E-state index is -1.47. The van der Waals surface area contributed by atoms with Crippen LogP contribution in [0.25, 0.3) is 0 Å². The molecule has 2 rings (SSSR count). The minimum Gasteiger partial charge on any atom is -0.488 e. The third-order valence-corrected chi connectivity index (χ3v) is 3.58. The monoisotopic (exact) mass is 382 g/mol. The Hall–Kier alpha value is -1.27. The van der Waals surface area contributed by atoms with Crippen LogP contribution in [-0.2, 0) is 11.9 Å². The van der Waals surface area contributed by atoms with Crippen LogP contribution in [0.4, 0.5) is 17.6 Å². The van der Waals surface area contributed by atoms with E-state index >= 15 is 0 Å². The molecule has 0 aliphatic carbocycles. The molecule has 1 nitrogen and oxygen atoms in total. The Labute approximate surface area is 131 Å². The highest BCUT2D eigenvalue weighted by atomic mass is 79.9. The molecule has 112 valence electrons. The summed E-state index contributed by atoms with van der Waals surface area (Å²) in [6.07, 6.45) is 0. The fraction of sp³-hybridized carbons (Fsp3) is 0.143. The predicted octanol–water partition coefficient (Wildman–Crippen LogP) is 5.37. The Morgan fingerprint density at radius 3 is 2.19 bits per heavy atom. The highest BCUT2D eigenvalue weighted by Gasteiger charge is 2.19. The van der Waals surface area contributed by atoms with E-state index in [0.717, 1.165) is 0 Å². The van der Waals surface area contributed by atoms with E-state index in [1.165, 1.54) is 12.1 Å². The van der Waals surface area contributed by atoms with Crippen LogP contribution in [0.1, 0.15) is 11.1 Å². The van der Waals surface area contributed by atoms with Gasteiger partial charge in [-0.25, -0.2) is 17.6 Å². The first-order chi connectivity index (χ1) is 9.93. The second kappa shape index (κ2) is 6.66. The third-order valence-electron chi connectivity index (χ3n) is 2.74. The predicted molar refractivity (Wildman–Crippen MR) is 74.7 cm³/mol. The van der Waals surface area contributed by atoms with E-state index in [1.54, 1.807) is 6.07 Å². The summed E-state index contributed by atoms with van der Waals surface area (Å²) in [5.74, 6) is -5.57. The lowest BCUT2D eigenvalue weighted by atomic mass is 10.2. The van der Waals surface area contributed by atoms with Crippen LogP contribution in [-0.4, -0.2) is 0 Å². The molecule has 0 aliphatic heterocycles. The summed E-state index contributed by atoms with van der Waals surface area (Å²) in [4.78, 5) is 0. The molecule has 0 saturated carbocycles. The van der Waals surface area contributed by atoms with Gasteiger partial charge in [0.2, 0.25) is 0 Å². The van der Waals surface area contributed by atoms with Crippen molar-refractivity contribution in [3.05, 3.63) is 63.7 Å². The van der Waals surface area contributed by atoms with Gasteiger partial charge in [0.15, 0.2) is 23.3 Å². The number of benzene rings is 2. The van der Waals surface area contributed by atoms with Crippen LogP contribution in [0.3, 0.4) is 0 Å². The van der Waals surface area contributed by atoms with Gasteiger partial charge in [-0.2, -0.15) is 0 Å². The fourth-order valence-corrected chi connectivity index (χ4v) is 2.33. The maximum absolute atomic E-state index is 13.5. The van der Waals surface area contributed by atoms with E-state index in [4.69, 9.17) is 16.3 Å². The van der Waals surface area contributed by atoms with E-state index < -0.39 is 35.4 Å². The normalized spacial score (nSPS) is 10.8. The zero-order valence-corrected chi connectivity index (χ0v) is 12.7. The lowest BCUT2D eigenvalue weighted by Crippen LogP contribution is -2.07. The van der Waals surface area contributed by atoms with Crippen LogP contribution >= 0.6 is 27.5 Å². The van der Waals surface area contributed by atoms with Crippen molar-refractivity contribution in [2.24, 2.45) is 0 Å². The van der Waals surface area contributed by atoms with Crippen LogP contribution in [0, 0.1) is 23.3 Å². The van der Waals surface area contributed by atoms with E-state index in [0.29, 0.717) is 21.7 Å². The summed E-state index contributed by atoms with van der Waals surface area (Å²) in [6.45, 7) is -0.645. The number of hydrogen-bond donors (Lipinski definition) is 0. The molecule has 2 aromatic rings. The van der Waals surface area contributed by atoms with E-state index in [2.05, 4.69) is 15.9 Å². The molecule has 0 atom stereocenters. The maximum Gasteiger partial charge on any atom is 0.168 e. The number of rotatable bonds is 4. The van der Waals surface area contributed by atoms with Crippen LogP contribution < -0.4 is 4.74 Å². The van der Waals surface area contributed by atoms with Gasteiger partial charge in [-0.3, -0.25) is 0 Å². The number of ether oxygens (including phenoxy) is 1. The molecule has 7 heteroatoms. The maximum atomic E-state index is 13.5. The molecule has 0 amide bonds. The summed E-state index contributed by atoms with van der Waals surface area (Å²) >= 11 is 9.02. The lowest BCUT2D eigenvalue weighted by molar-refractivity contribution is 0.283. The molecular formula is C14H8BrClF4O. The Balaban J connectivity index is 2.29. The molecule has 0 fully saturated rings. The molecule has 0 N–H and O–H groups in total. The largest absolute Gasteiger partial charge is 0.488 e. The molecule has 0 aliphatic rings. The topological polar surface area (TPSA) is 9.23 Å². The van der Waals surface area contributed by atoms with E-state index in [1.807, 2.05) is 0 Å². The SMILES string of the molecule is Fc1cc(F)c(F)c(COc2ccc(Cl)cc2CBr)c1F. The number of hydrogen-bond acceptors (Lipinski definition) is 1. The van der Waals surface area contributed by atoms with Gasteiger partial charge in [0.05, 0.1) is 5.56 Å². The summed E-state index contributed by atoms with van der Waals surface area (Å²) in [5, 5.41) is 0.858. The van der Waals surface area contributed by atoms with Gasteiger partial charge < -0.3 is 4.74 Å². The minimum absolute atomic E-state index is 0.153. The van der Waals surface area contributed by atoms with Gasteiger partial charge >= 0.3 is 0 Å². The highest BCUT2D eigenvalue weighted by molar-refractivity contribution is 9.08. The lowest BCUT2D eigenvalue weighted by Gasteiger charge is -2.12. The Kier molecular flexibility index (Phi) is 5.11. The van der Waals surface area contributed by atoms with Crippen molar-refractivity contribution in [3.8, 4) is 5.75 Å². The van der Waals surface area contributed by atoms with Gasteiger partial charge in [-0.15, -0.1) is 0 Å². The molecule has 0 radical (unpaired) electrons. The smallest absolute Gasteiger partial charge is 0.168 e. The van der Waals surface area contributed by atoms with Crippen LogP contribution in [0.15, 0.2) is 24.3 Å². The first kappa shape index (κ1) is 16.1. The highest BCUT2D eigenvalue weighted by Crippen LogP contribution is 2.27. The number of halogens is 6. The Bertz CT molecular complexity index is 652. The standard InChI is InChI=1S/C14H8BrClF4O/c15-5-7-3-8(16)1-2-12(7)21-6-9-13(19)10(17)4-11(18)14(9)20/h1-4H,5-6H2. The zero-order valence-electron chi connectivity index (χ0n) is 10.4. The molecule has 0 saturated heterocycles. The second-order valence-corrected chi connectivity index (χ2v) is 5.12. The second-order valence-electron chi connectivity index (χ2n) is 4.12. The number of alkyl halides is 1. The van der Waals surface area contributed by atoms with Gasteiger partial charge in [0, 0.05) is 22.0 Å². The molecule has 0 spiro atoms. The average molecular weight is 384 g/mol. The average Bonchev–Trinajstić information content (AvgIpc) is 2.46. The Morgan fingerprint density at radius 2 is 1.62 bits per heavy atom. The van der Waals surface area contributed by atoms with Crippen molar-refractivity contribution in [3.63, 3.8) is 0 Å². The summed E-state index contributed by atoms with van der Waals surface area (Å²) < 4.78 is 58.4. The zero-order chi connectivity index (χ0) is 15.6. The first-order valence-electron chi connectivity index (χ1n) is 5.73. The molecule has 0 bridgehead atoms. The molecule has 21 heavy (non-hydrogen) atoms. The summed E-state index contributed by atoms with van der Waals surface area (Å²) in [5.41, 5.74) is -0.164. The van der Waals surface area contributed by atoms with Crippen molar-refractivity contribution in [1.29, 1.82) is 0 Å². The fourth-order valence-electron chi connectivity index (χ4n) is 1.69. The van der Waals surface area contributed by atoms with Crippen molar-refractivity contribution in [2.45, 2.75) is 11.9 Å². The van der Waals surface area contributed by atoms with Gasteiger partial charge in [0.25, 0.3) is 0 Å². The van der Waals surface area contributed by atoms with Crippen molar-refractivity contribution in [1.82, 2.24) is 0 Å². The van der Waals surface area contributed by atoms with Gasteiger partial charge in [0.1, 0.15) is 12.4 Å². The quantitative estimate of drug-likeness (QED) is 0.392. The third kappa shape index (κ3) is 3.49. The van der Waals surface area contributed by atoms with Crippen molar-refractivity contribution in [2.75, 3.05) is 0 Å². The van der Waals surface area contributed by atoms with E-state index in [-0.39, 0.29) is 6.07 Å². The van der Waals surface area contributed by atoms with Crippen LogP contribution in [0.5, 0.6) is 5.75 Å². The van der Waals surface area contributed by atoms with Crippen molar-refractivity contribution < 1.29 is 22.3 Å². The van der Waals surface area contributed by atoms with Crippen molar-refractivity contribution >= 4 is 27.5 Å². The molecule has 0 aromatic heterocycles. The molecular weight excluding hydrogens is 376 g/mol. The van der Waals surface area contributed by atoms with Gasteiger partial charge in [-0.1, -0.05) is 27.5 Å². The van der Waals surface area contributed by atoms with Gasteiger partial charge in [-0.05, 0) is 18.2 Å². The van der Waals surface area contributed by atoms with Crippen LogP contribution in [0.2, 0.25) is 5.02 Å². The van der Waals surface area contributed by atoms with E-state index in [9.17, 15) is 17.6 Å². The molecule has 2 aromatic carbocycles. The first-order valence-corrected chi connectivity index (χ1v) is 7.23. The molecule has 0 unspecified atom stereocenters. The molecule has 0 heterocycles.